The van der Waals surface area contributed by atoms with Crippen molar-refractivity contribution in [3.05, 3.63) is 82.9 Å². The molecule has 5 rings (SSSR count). The predicted octanol–water partition coefficient (Wildman–Crippen LogP) is 4.82. The molecule has 46 heavy (non-hydrogen) atoms. The van der Waals surface area contributed by atoms with Gasteiger partial charge in [-0.3, -0.25) is 14.2 Å². The fourth-order valence-electron chi connectivity index (χ4n) is 6.13. The molecule has 0 saturated carbocycles. The summed E-state index contributed by atoms with van der Waals surface area (Å²) in [4.78, 5) is 31.8. The number of amides is 3. The van der Waals surface area contributed by atoms with Crippen molar-refractivity contribution in [2.75, 3.05) is 56.5 Å². The highest BCUT2D eigenvalue weighted by molar-refractivity contribution is 7.85. The number of hydrogen-bond acceptors (Lipinski definition) is 6. The van der Waals surface area contributed by atoms with Gasteiger partial charge in [-0.2, -0.15) is 8.42 Å². The van der Waals surface area contributed by atoms with E-state index in [1.54, 1.807) is 4.90 Å². The summed E-state index contributed by atoms with van der Waals surface area (Å²) >= 11 is 0. The Kier molecular flexibility index (Phi) is 11.0. The molecule has 1 saturated heterocycles. The summed E-state index contributed by atoms with van der Waals surface area (Å²) in [5.41, 5.74) is 7.58. The Morgan fingerprint density at radius 1 is 0.957 bits per heavy atom. The molecule has 0 spiro atoms. The van der Waals surface area contributed by atoms with Crippen LogP contribution in [0.2, 0.25) is 0 Å². The quantitative estimate of drug-likeness (QED) is 0.226. The van der Waals surface area contributed by atoms with E-state index in [4.69, 9.17) is 9.29 Å². The molecule has 2 aliphatic heterocycles. The van der Waals surface area contributed by atoms with Crippen LogP contribution in [0.4, 0.5) is 10.5 Å². The normalized spacial score (nSPS) is 15.4. The Bertz CT molecular complexity index is 1650. The van der Waals surface area contributed by atoms with E-state index in [1.807, 2.05) is 46.2 Å². The van der Waals surface area contributed by atoms with Crippen LogP contribution in [0.15, 0.2) is 60.7 Å². The van der Waals surface area contributed by atoms with Crippen LogP contribution in [0.5, 0.6) is 5.75 Å². The van der Waals surface area contributed by atoms with Gasteiger partial charge in [-0.05, 0) is 84.7 Å². The number of benzene rings is 3. The summed E-state index contributed by atoms with van der Waals surface area (Å²) in [6.45, 7) is 8.02. The van der Waals surface area contributed by atoms with E-state index in [2.05, 4.69) is 43.4 Å². The minimum atomic E-state index is -4.00. The van der Waals surface area contributed by atoms with Crippen LogP contribution in [0.3, 0.4) is 0 Å². The highest BCUT2D eigenvalue weighted by Crippen LogP contribution is 2.36. The van der Waals surface area contributed by atoms with Crippen LogP contribution in [0, 0.1) is 13.8 Å². The average Bonchev–Trinajstić information content (AvgIpc) is 3.05. The van der Waals surface area contributed by atoms with Crippen molar-refractivity contribution in [3.8, 4) is 16.9 Å². The van der Waals surface area contributed by atoms with E-state index in [1.165, 1.54) is 11.1 Å². The molecule has 0 bridgehead atoms. The average molecular weight is 649 g/mol. The molecular weight excluding hydrogens is 604 g/mol. The van der Waals surface area contributed by atoms with Gasteiger partial charge in [-0.1, -0.05) is 42.5 Å². The van der Waals surface area contributed by atoms with Gasteiger partial charge in [0.25, 0.3) is 10.1 Å². The van der Waals surface area contributed by atoms with Crippen LogP contribution < -0.4 is 15.0 Å². The molecule has 0 atom stereocenters. The van der Waals surface area contributed by atoms with E-state index >= 15 is 0 Å². The van der Waals surface area contributed by atoms with Crippen molar-refractivity contribution >= 4 is 27.7 Å². The van der Waals surface area contributed by atoms with Crippen molar-refractivity contribution in [2.45, 2.75) is 46.1 Å². The maximum Gasteiger partial charge on any atom is 0.317 e. The maximum absolute atomic E-state index is 13.4. The van der Waals surface area contributed by atoms with Gasteiger partial charge in [-0.25, -0.2) is 4.79 Å². The van der Waals surface area contributed by atoms with Crippen LogP contribution in [0.25, 0.3) is 11.1 Å². The van der Waals surface area contributed by atoms with Crippen molar-refractivity contribution in [1.82, 2.24) is 15.1 Å². The van der Waals surface area contributed by atoms with Gasteiger partial charge in [-0.15, -0.1) is 0 Å². The van der Waals surface area contributed by atoms with Gasteiger partial charge in [0.15, 0.2) is 0 Å². The van der Waals surface area contributed by atoms with E-state index in [0.29, 0.717) is 58.7 Å². The number of hydrogen-bond donors (Lipinski definition) is 2. The Hall–Kier alpha value is -3.93. The molecule has 246 valence electrons. The minimum absolute atomic E-state index is 0.110. The molecule has 3 aromatic carbocycles. The van der Waals surface area contributed by atoms with Gasteiger partial charge in [0, 0.05) is 57.9 Å². The van der Waals surface area contributed by atoms with Crippen molar-refractivity contribution in [3.63, 3.8) is 0 Å². The van der Waals surface area contributed by atoms with Crippen LogP contribution in [-0.4, -0.2) is 86.3 Å². The van der Waals surface area contributed by atoms with Gasteiger partial charge < -0.3 is 19.9 Å². The minimum Gasteiger partial charge on any atom is -0.493 e. The first-order chi connectivity index (χ1) is 22.1. The Morgan fingerprint density at radius 3 is 2.50 bits per heavy atom. The predicted molar refractivity (Wildman–Crippen MR) is 180 cm³/mol. The second kappa shape index (κ2) is 15.1. The van der Waals surface area contributed by atoms with Crippen LogP contribution >= 0.6 is 0 Å². The molecule has 1 fully saturated rings. The van der Waals surface area contributed by atoms with E-state index in [9.17, 15) is 18.0 Å². The van der Waals surface area contributed by atoms with E-state index < -0.39 is 10.1 Å². The lowest BCUT2D eigenvalue weighted by atomic mass is 9.91. The fourth-order valence-corrected chi connectivity index (χ4v) is 6.62. The van der Waals surface area contributed by atoms with Gasteiger partial charge in [0.2, 0.25) is 5.91 Å². The summed E-state index contributed by atoms with van der Waals surface area (Å²) < 4.78 is 37.0. The number of carbonyl (C=O) groups is 2. The molecule has 3 aromatic rings. The monoisotopic (exact) mass is 648 g/mol. The number of urea groups is 1. The molecule has 0 aromatic heterocycles. The fraction of sp³-hybridized carbons (Fsp3) is 0.429. The number of anilines is 1. The third-order valence-electron chi connectivity index (χ3n) is 8.91. The molecule has 0 radical (unpaired) electrons. The summed E-state index contributed by atoms with van der Waals surface area (Å²) in [5, 5.41) is 3.01. The number of piperazine rings is 1. The zero-order chi connectivity index (χ0) is 32.7. The van der Waals surface area contributed by atoms with Crippen LogP contribution in [0.1, 0.15) is 41.5 Å². The second-order valence-electron chi connectivity index (χ2n) is 12.1. The summed E-state index contributed by atoms with van der Waals surface area (Å²) in [6.07, 6.45) is 2.86. The third kappa shape index (κ3) is 8.65. The first-order valence-electron chi connectivity index (χ1n) is 16.0. The standard InChI is InChI=1S/C35H44N4O6S/c1-26-8-3-14-33(27(26)2)45-22-7-15-34(40)39-16-6-12-31-30(11-5-13-32(31)39)29-10-4-9-28(24-29)25-36-35(41)38-19-17-37(18-20-38)21-23-46(42,43)44/h3-5,8-11,13-14,24H,6-7,12,15-23,25H2,1-2H3,(H,36,41)(H,42,43,44). The number of nitrogens with one attached hydrogen (secondary N) is 1. The lowest BCUT2D eigenvalue weighted by Gasteiger charge is -2.34. The molecule has 2 heterocycles. The van der Waals surface area contributed by atoms with Gasteiger partial charge in [0.05, 0.1) is 12.4 Å². The second-order valence-corrected chi connectivity index (χ2v) is 13.6. The van der Waals surface area contributed by atoms with E-state index in [-0.39, 0.29) is 24.2 Å². The number of carbonyl (C=O) groups excluding carboxylic acids is 2. The molecule has 0 aliphatic carbocycles. The number of fused-ring (bicyclic) bond motifs is 1. The molecule has 11 heteroatoms. The Morgan fingerprint density at radius 2 is 1.72 bits per heavy atom. The zero-order valence-corrected chi connectivity index (χ0v) is 27.5. The highest BCUT2D eigenvalue weighted by Gasteiger charge is 2.25. The number of aryl methyl sites for hydroxylation is 1. The molecular formula is C35H44N4O6S. The van der Waals surface area contributed by atoms with Crippen molar-refractivity contribution in [2.24, 2.45) is 0 Å². The molecule has 10 nitrogen and oxygen atoms in total. The molecule has 0 unspecified atom stereocenters. The smallest absolute Gasteiger partial charge is 0.317 e. The molecule has 2 aliphatic rings. The van der Waals surface area contributed by atoms with Gasteiger partial charge in [0.1, 0.15) is 5.75 Å². The first kappa shape index (κ1) is 33.4. The van der Waals surface area contributed by atoms with Crippen molar-refractivity contribution < 1.29 is 27.3 Å². The molecule has 2 N–H and O–H groups in total. The maximum atomic E-state index is 13.4. The number of ether oxygens (including phenoxy) is 1. The topological polar surface area (TPSA) is 119 Å². The first-order valence-corrected chi connectivity index (χ1v) is 17.6. The lowest BCUT2D eigenvalue weighted by Crippen LogP contribution is -2.52. The molecule has 3 amide bonds. The van der Waals surface area contributed by atoms with E-state index in [0.717, 1.165) is 46.5 Å². The van der Waals surface area contributed by atoms with Crippen molar-refractivity contribution in [1.29, 1.82) is 0 Å². The lowest BCUT2D eigenvalue weighted by molar-refractivity contribution is -0.118. The SMILES string of the molecule is Cc1cccc(OCCCC(=O)N2CCCc3c(-c4cccc(CNC(=O)N5CCN(CCS(=O)(=O)O)CC5)c4)cccc32)c1C. The van der Waals surface area contributed by atoms with Crippen LogP contribution in [-0.2, 0) is 27.9 Å². The summed E-state index contributed by atoms with van der Waals surface area (Å²) in [6, 6.07) is 20.1. The Labute approximate surface area is 272 Å². The number of nitrogens with zero attached hydrogens (tertiary/aromatic N) is 3. The largest absolute Gasteiger partial charge is 0.493 e. The zero-order valence-electron chi connectivity index (χ0n) is 26.7. The van der Waals surface area contributed by atoms with Gasteiger partial charge >= 0.3 is 6.03 Å². The Balaban J connectivity index is 1.16. The summed E-state index contributed by atoms with van der Waals surface area (Å²) in [5.74, 6) is 0.675. The number of rotatable bonds is 11. The highest BCUT2D eigenvalue weighted by atomic mass is 32.2. The third-order valence-corrected chi connectivity index (χ3v) is 9.60. The summed E-state index contributed by atoms with van der Waals surface area (Å²) in [7, 11) is -4.00.